The third-order valence-electron chi connectivity index (χ3n) is 4.05. The Morgan fingerprint density at radius 3 is 2.11 bits per heavy atom. The van der Waals surface area contributed by atoms with E-state index in [0.717, 1.165) is 11.3 Å². The average Bonchev–Trinajstić information content (AvgIpc) is 2.66. The number of ether oxygens (including phenoxy) is 1. The molecule has 3 rings (SSSR count). The fourth-order valence-corrected chi connectivity index (χ4v) is 3.37. The standard InChI is InChI=1S/C19H20N4O3S/c1-13-4-5-15(12-14(13)2)20-18-10-11-19(22-21-18)23-27(24,25)17-8-6-16(26-3)7-9-17/h4-12H,1-3H3,(H,20,21)(H,22,23). The van der Waals surface area contributed by atoms with Gasteiger partial charge in [-0.2, -0.15) is 0 Å². The topological polar surface area (TPSA) is 93.2 Å². The van der Waals surface area contributed by atoms with E-state index in [0.29, 0.717) is 11.6 Å². The third-order valence-corrected chi connectivity index (χ3v) is 5.42. The van der Waals surface area contributed by atoms with Gasteiger partial charge in [-0.1, -0.05) is 6.07 Å². The molecule has 0 atom stereocenters. The van der Waals surface area contributed by atoms with Gasteiger partial charge in [-0.05, 0) is 73.5 Å². The van der Waals surface area contributed by atoms with Crippen molar-refractivity contribution in [1.29, 1.82) is 0 Å². The number of hydrogen-bond acceptors (Lipinski definition) is 6. The second-order valence-electron chi connectivity index (χ2n) is 6.01. The molecule has 0 radical (unpaired) electrons. The number of rotatable bonds is 6. The molecule has 0 saturated heterocycles. The van der Waals surface area contributed by atoms with Crippen LogP contribution in [0.5, 0.6) is 5.75 Å². The molecular formula is C19H20N4O3S. The van der Waals surface area contributed by atoms with Crippen molar-refractivity contribution in [2.75, 3.05) is 17.1 Å². The Bertz CT molecular complexity index is 1030. The molecule has 3 aromatic rings. The minimum atomic E-state index is -3.75. The summed E-state index contributed by atoms with van der Waals surface area (Å²) in [6, 6.07) is 15.3. The highest BCUT2D eigenvalue weighted by Gasteiger charge is 2.15. The fraction of sp³-hybridized carbons (Fsp3) is 0.158. The number of methoxy groups -OCH3 is 1. The lowest BCUT2D eigenvalue weighted by atomic mass is 10.1. The van der Waals surface area contributed by atoms with Crippen LogP contribution in [0, 0.1) is 13.8 Å². The third kappa shape index (κ3) is 4.53. The van der Waals surface area contributed by atoms with Crippen molar-refractivity contribution in [3.8, 4) is 5.75 Å². The van der Waals surface area contributed by atoms with Gasteiger partial charge < -0.3 is 10.1 Å². The summed E-state index contributed by atoms with van der Waals surface area (Å²) in [5, 5.41) is 11.1. The number of aromatic nitrogens is 2. The summed E-state index contributed by atoms with van der Waals surface area (Å²) in [4.78, 5) is 0.113. The lowest BCUT2D eigenvalue weighted by molar-refractivity contribution is 0.414. The van der Waals surface area contributed by atoms with E-state index < -0.39 is 10.0 Å². The van der Waals surface area contributed by atoms with Gasteiger partial charge in [0.2, 0.25) is 0 Å². The maximum atomic E-state index is 12.4. The molecule has 27 heavy (non-hydrogen) atoms. The Kier molecular flexibility index (Phi) is 5.27. The predicted octanol–water partition coefficient (Wildman–Crippen LogP) is 3.65. The van der Waals surface area contributed by atoms with Crippen LogP contribution in [-0.2, 0) is 10.0 Å². The van der Waals surface area contributed by atoms with Crippen LogP contribution < -0.4 is 14.8 Å². The van der Waals surface area contributed by atoms with Gasteiger partial charge in [-0.15, -0.1) is 10.2 Å². The summed E-state index contributed by atoms with van der Waals surface area (Å²) in [5.74, 6) is 1.23. The molecule has 0 bridgehead atoms. The van der Waals surface area contributed by atoms with Gasteiger partial charge >= 0.3 is 0 Å². The molecule has 2 aromatic carbocycles. The van der Waals surface area contributed by atoms with E-state index in [1.54, 1.807) is 24.3 Å². The van der Waals surface area contributed by atoms with Crippen LogP contribution in [0.25, 0.3) is 0 Å². The summed E-state index contributed by atoms with van der Waals surface area (Å²) >= 11 is 0. The normalized spacial score (nSPS) is 11.1. The molecular weight excluding hydrogens is 364 g/mol. The van der Waals surface area contributed by atoms with Crippen LogP contribution >= 0.6 is 0 Å². The van der Waals surface area contributed by atoms with Gasteiger partial charge in [-0.25, -0.2) is 8.42 Å². The molecule has 0 fully saturated rings. The quantitative estimate of drug-likeness (QED) is 0.674. The largest absolute Gasteiger partial charge is 0.497 e. The Labute approximate surface area is 158 Å². The fourth-order valence-electron chi connectivity index (χ4n) is 2.37. The highest BCUT2D eigenvalue weighted by molar-refractivity contribution is 7.92. The van der Waals surface area contributed by atoms with Crippen molar-refractivity contribution in [3.63, 3.8) is 0 Å². The Hall–Kier alpha value is -3.13. The SMILES string of the molecule is COc1ccc(S(=O)(=O)Nc2ccc(Nc3ccc(C)c(C)c3)nn2)cc1. The van der Waals surface area contributed by atoms with E-state index in [-0.39, 0.29) is 10.7 Å². The van der Waals surface area contributed by atoms with Crippen molar-refractivity contribution < 1.29 is 13.2 Å². The molecule has 0 spiro atoms. The van der Waals surface area contributed by atoms with Crippen molar-refractivity contribution >= 4 is 27.3 Å². The number of nitrogens with one attached hydrogen (secondary N) is 2. The van der Waals surface area contributed by atoms with Gasteiger partial charge in [0, 0.05) is 5.69 Å². The molecule has 7 nitrogen and oxygen atoms in total. The van der Waals surface area contributed by atoms with Crippen LogP contribution in [0.15, 0.2) is 59.5 Å². The van der Waals surface area contributed by atoms with Crippen LogP contribution in [0.1, 0.15) is 11.1 Å². The minimum absolute atomic E-state index is 0.113. The van der Waals surface area contributed by atoms with E-state index in [9.17, 15) is 8.42 Å². The number of sulfonamides is 1. The number of anilines is 3. The number of benzene rings is 2. The number of hydrogen-bond donors (Lipinski definition) is 2. The zero-order valence-electron chi connectivity index (χ0n) is 15.2. The van der Waals surface area contributed by atoms with Crippen LogP contribution in [0.4, 0.5) is 17.3 Å². The van der Waals surface area contributed by atoms with Crippen molar-refractivity contribution in [2.45, 2.75) is 18.7 Å². The van der Waals surface area contributed by atoms with Crippen molar-refractivity contribution in [3.05, 3.63) is 65.7 Å². The second-order valence-corrected chi connectivity index (χ2v) is 7.69. The molecule has 1 aromatic heterocycles. The Morgan fingerprint density at radius 1 is 0.852 bits per heavy atom. The first-order valence-electron chi connectivity index (χ1n) is 8.22. The summed E-state index contributed by atoms with van der Waals surface area (Å²) in [6.45, 7) is 4.08. The van der Waals surface area contributed by atoms with E-state index >= 15 is 0 Å². The van der Waals surface area contributed by atoms with Gasteiger partial charge in [0.1, 0.15) is 5.75 Å². The number of nitrogens with zero attached hydrogens (tertiary/aromatic N) is 2. The summed E-state index contributed by atoms with van der Waals surface area (Å²) < 4.78 is 32.3. The van der Waals surface area contributed by atoms with E-state index in [2.05, 4.69) is 20.2 Å². The molecule has 0 saturated carbocycles. The zero-order valence-corrected chi connectivity index (χ0v) is 16.0. The summed E-state index contributed by atoms with van der Waals surface area (Å²) in [7, 11) is -2.23. The Balaban J connectivity index is 1.71. The molecule has 8 heteroatoms. The molecule has 0 aliphatic carbocycles. The highest BCUT2D eigenvalue weighted by atomic mass is 32.2. The molecule has 0 aliphatic heterocycles. The highest BCUT2D eigenvalue weighted by Crippen LogP contribution is 2.20. The molecule has 2 N–H and O–H groups in total. The van der Waals surface area contributed by atoms with Crippen LogP contribution in [0.3, 0.4) is 0 Å². The summed E-state index contributed by atoms with van der Waals surface area (Å²) in [5.41, 5.74) is 3.26. The summed E-state index contributed by atoms with van der Waals surface area (Å²) in [6.07, 6.45) is 0. The smallest absolute Gasteiger partial charge is 0.263 e. The number of aryl methyl sites for hydroxylation is 2. The van der Waals surface area contributed by atoms with Crippen molar-refractivity contribution in [2.24, 2.45) is 0 Å². The molecule has 0 unspecified atom stereocenters. The molecule has 140 valence electrons. The van der Waals surface area contributed by atoms with Gasteiger partial charge in [-0.3, -0.25) is 4.72 Å². The maximum Gasteiger partial charge on any atom is 0.263 e. The monoisotopic (exact) mass is 384 g/mol. The average molecular weight is 384 g/mol. The maximum absolute atomic E-state index is 12.4. The zero-order chi connectivity index (χ0) is 19.4. The van der Waals surface area contributed by atoms with Crippen molar-refractivity contribution in [1.82, 2.24) is 10.2 Å². The Morgan fingerprint density at radius 2 is 1.52 bits per heavy atom. The van der Waals surface area contributed by atoms with Gasteiger partial charge in [0.25, 0.3) is 10.0 Å². The minimum Gasteiger partial charge on any atom is -0.497 e. The molecule has 1 heterocycles. The van der Waals surface area contributed by atoms with Gasteiger partial charge in [0.05, 0.1) is 12.0 Å². The van der Waals surface area contributed by atoms with E-state index in [4.69, 9.17) is 4.74 Å². The van der Waals surface area contributed by atoms with E-state index in [1.165, 1.54) is 24.8 Å². The lowest BCUT2D eigenvalue weighted by Gasteiger charge is -2.09. The second kappa shape index (κ2) is 7.63. The predicted molar refractivity (Wildman–Crippen MR) is 105 cm³/mol. The first-order valence-corrected chi connectivity index (χ1v) is 9.70. The molecule has 0 amide bonds. The first kappa shape index (κ1) is 18.7. The van der Waals surface area contributed by atoms with Gasteiger partial charge in [0.15, 0.2) is 11.6 Å². The van der Waals surface area contributed by atoms with Crippen LogP contribution in [0.2, 0.25) is 0 Å². The lowest BCUT2D eigenvalue weighted by Crippen LogP contribution is -2.14. The first-order chi connectivity index (χ1) is 12.9. The van der Waals surface area contributed by atoms with Crippen LogP contribution in [-0.4, -0.2) is 25.7 Å². The molecule has 0 aliphatic rings. The van der Waals surface area contributed by atoms with E-state index in [1.807, 2.05) is 32.0 Å².